The maximum atomic E-state index is 12.0. The van der Waals surface area contributed by atoms with Crippen molar-refractivity contribution >= 4 is 27.5 Å². The van der Waals surface area contributed by atoms with Crippen molar-refractivity contribution in [3.8, 4) is 0 Å². The highest BCUT2D eigenvalue weighted by molar-refractivity contribution is 9.10. The van der Waals surface area contributed by atoms with Crippen molar-refractivity contribution in [2.75, 3.05) is 11.9 Å². The number of aromatic nitrogens is 1. The summed E-state index contributed by atoms with van der Waals surface area (Å²) in [5, 5.41) is 6.07. The average molecular weight is 284 g/mol. The highest BCUT2D eigenvalue weighted by atomic mass is 79.9. The van der Waals surface area contributed by atoms with Gasteiger partial charge in [-0.15, -0.1) is 0 Å². The molecule has 1 saturated heterocycles. The smallest absolute Gasteiger partial charge is 0.241 e. The van der Waals surface area contributed by atoms with Gasteiger partial charge < -0.3 is 10.6 Å². The van der Waals surface area contributed by atoms with Crippen molar-refractivity contribution < 1.29 is 4.79 Å². The van der Waals surface area contributed by atoms with Gasteiger partial charge in [0.1, 0.15) is 4.60 Å². The van der Waals surface area contributed by atoms with Crippen LogP contribution in [0.4, 0.5) is 5.69 Å². The van der Waals surface area contributed by atoms with E-state index in [0.29, 0.717) is 16.2 Å². The topological polar surface area (TPSA) is 54.0 Å². The predicted molar refractivity (Wildman–Crippen MR) is 66.1 cm³/mol. The van der Waals surface area contributed by atoms with Gasteiger partial charge in [-0.25, -0.2) is 4.98 Å². The van der Waals surface area contributed by atoms with Gasteiger partial charge >= 0.3 is 0 Å². The van der Waals surface area contributed by atoms with Crippen LogP contribution in [0.5, 0.6) is 0 Å². The zero-order chi connectivity index (χ0) is 11.5. The molecule has 1 aromatic heterocycles. The molecule has 1 amide bonds. The first-order valence-electron chi connectivity index (χ1n) is 5.33. The summed E-state index contributed by atoms with van der Waals surface area (Å²) in [6, 6.07) is 3.53. The van der Waals surface area contributed by atoms with E-state index in [1.807, 2.05) is 6.07 Å². The largest absolute Gasteiger partial charge is 0.322 e. The van der Waals surface area contributed by atoms with Gasteiger partial charge in [0.25, 0.3) is 0 Å². The minimum absolute atomic E-state index is 0.0127. The van der Waals surface area contributed by atoms with E-state index in [4.69, 9.17) is 0 Å². The van der Waals surface area contributed by atoms with E-state index in [0.717, 1.165) is 13.0 Å². The van der Waals surface area contributed by atoms with Crippen LogP contribution in [0.1, 0.15) is 13.3 Å². The highest BCUT2D eigenvalue weighted by Crippen LogP contribution is 2.21. The number of nitrogens with zero attached hydrogens (tertiary/aromatic N) is 1. The van der Waals surface area contributed by atoms with Crippen LogP contribution >= 0.6 is 15.9 Å². The maximum Gasteiger partial charge on any atom is 0.241 e. The SMILES string of the molecule is CC1CCNC1C(=O)Nc1cccnc1Br. The van der Waals surface area contributed by atoms with Crippen molar-refractivity contribution in [3.05, 3.63) is 22.9 Å². The minimum Gasteiger partial charge on any atom is -0.322 e. The van der Waals surface area contributed by atoms with Crippen molar-refractivity contribution in [2.24, 2.45) is 5.92 Å². The Morgan fingerprint density at radius 2 is 2.50 bits per heavy atom. The molecule has 1 aromatic rings. The number of rotatable bonds is 2. The normalized spacial score (nSPS) is 24.4. The molecule has 0 radical (unpaired) electrons. The Kier molecular flexibility index (Phi) is 3.56. The fraction of sp³-hybridized carbons (Fsp3) is 0.455. The maximum absolute atomic E-state index is 12.0. The molecule has 5 heteroatoms. The Balaban J connectivity index is 2.05. The molecule has 0 aromatic carbocycles. The lowest BCUT2D eigenvalue weighted by Gasteiger charge is -2.15. The van der Waals surface area contributed by atoms with E-state index in [2.05, 4.69) is 38.5 Å². The van der Waals surface area contributed by atoms with E-state index in [-0.39, 0.29) is 11.9 Å². The summed E-state index contributed by atoms with van der Waals surface area (Å²) in [5.41, 5.74) is 0.716. The van der Waals surface area contributed by atoms with Gasteiger partial charge in [-0.05, 0) is 46.9 Å². The highest BCUT2D eigenvalue weighted by Gasteiger charge is 2.29. The van der Waals surface area contributed by atoms with Crippen LogP contribution < -0.4 is 10.6 Å². The van der Waals surface area contributed by atoms with E-state index in [1.165, 1.54) is 0 Å². The van der Waals surface area contributed by atoms with Gasteiger partial charge in [-0.1, -0.05) is 6.92 Å². The quantitative estimate of drug-likeness (QED) is 0.814. The van der Waals surface area contributed by atoms with Crippen LogP contribution in [0.25, 0.3) is 0 Å². The van der Waals surface area contributed by atoms with Crippen LogP contribution in [0.3, 0.4) is 0 Å². The molecule has 0 aliphatic carbocycles. The molecular weight excluding hydrogens is 270 g/mol. The Labute approximate surface area is 103 Å². The third kappa shape index (κ3) is 2.41. The summed E-state index contributed by atoms with van der Waals surface area (Å²) in [6.07, 6.45) is 2.72. The van der Waals surface area contributed by atoms with Crippen LogP contribution in [-0.2, 0) is 4.79 Å². The predicted octanol–water partition coefficient (Wildman–Crippen LogP) is 1.78. The molecule has 2 rings (SSSR count). The number of carbonyl (C=O) groups excluding carboxylic acids is 1. The zero-order valence-electron chi connectivity index (χ0n) is 9.03. The third-order valence-corrected chi connectivity index (χ3v) is 3.46. The first kappa shape index (κ1) is 11.5. The Bertz CT molecular complexity index is 397. The number of nitrogens with one attached hydrogen (secondary N) is 2. The first-order valence-corrected chi connectivity index (χ1v) is 6.12. The molecular formula is C11H14BrN3O. The van der Waals surface area contributed by atoms with Gasteiger partial charge in [-0.3, -0.25) is 4.79 Å². The fourth-order valence-electron chi connectivity index (χ4n) is 1.88. The average Bonchev–Trinajstić information content (AvgIpc) is 2.68. The molecule has 1 aliphatic heterocycles. The number of amides is 1. The molecule has 1 fully saturated rings. The van der Waals surface area contributed by atoms with Crippen molar-refractivity contribution in [1.29, 1.82) is 0 Å². The van der Waals surface area contributed by atoms with E-state index in [9.17, 15) is 4.79 Å². The number of hydrogen-bond acceptors (Lipinski definition) is 3. The van der Waals surface area contributed by atoms with Crippen LogP contribution in [0.15, 0.2) is 22.9 Å². The molecule has 16 heavy (non-hydrogen) atoms. The van der Waals surface area contributed by atoms with E-state index in [1.54, 1.807) is 12.3 Å². The van der Waals surface area contributed by atoms with Crippen LogP contribution in [-0.4, -0.2) is 23.5 Å². The molecule has 0 spiro atoms. The molecule has 2 heterocycles. The monoisotopic (exact) mass is 283 g/mol. The Morgan fingerprint density at radius 3 is 3.12 bits per heavy atom. The first-order chi connectivity index (χ1) is 7.68. The zero-order valence-corrected chi connectivity index (χ0v) is 10.6. The summed E-state index contributed by atoms with van der Waals surface area (Å²) in [7, 11) is 0. The molecule has 86 valence electrons. The van der Waals surface area contributed by atoms with Gasteiger partial charge in [0.15, 0.2) is 0 Å². The molecule has 2 unspecified atom stereocenters. The second-order valence-electron chi connectivity index (χ2n) is 4.03. The Hall–Kier alpha value is -0.940. The third-order valence-electron chi connectivity index (χ3n) is 2.83. The van der Waals surface area contributed by atoms with E-state index >= 15 is 0 Å². The molecule has 0 saturated carbocycles. The van der Waals surface area contributed by atoms with Crippen molar-refractivity contribution in [3.63, 3.8) is 0 Å². The number of carbonyl (C=O) groups is 1. The van der Waals surface area contributed by atoms with Gasteiger partial charge in [0.2, 0.25) is 5.91 Å². The van der Waals surface area contributed by atoms with E-state index < -0.39 is 0 Å². The van der Waals surface area contributed by atoms with Crippen molar-refractivity contribution in [1.82, 2.24) is 10.3 Å². The lowest BCUT2D eigenvalue weighted by Crippen LogP contribution is -2.39. The van der Waals surface area contributed by atoms with Gasteiger partial charge in [-0.2, -0.15) is 0 Å². The summed E-state index contributed by atoms with van der Waals surface area (Å²) in [5.74, 6) is 0.397. The second kappa shape index (κ2) is 4.93. The molecule has 4 nitrogen and oxygen atoms in total. The molecule has 1 aliphatic rings. The number of halogens is 1. The summed E-state index contributed by atoms with van der Waals surface area (Å²) in [4.78, 5) is 16.0. The molecule has 0 bridgehead atoms. The molecule has 2 atom stereocenters. The minimum atomic E-state index is -0.0906. The summed E-state index contributed by atoms with van der Waals surface area (Å²) in [6.45, 7) is 3.00. The lowest BCUT2D eigenvalue weighted by molar-refractivity contribution is -0.118. The fourth-order valence-corrected chi connectivity index (χ4v) is 2.22. The standard InChI is InChI=1S/C11H14BrN3O/c1-7-4-6-13-9(7)11(16)15-8-3-2-5-14-10(8)12/h2-3,5,7,9,13H,4,6H2,1H3,(H,15,16). The van der Waals surface area contributed by atoms with Gasteiger partial charge in [0, 0.05) is 6.20 Å². The summed E-state index contributed by atoms with van der Waals surface area (Å²) >= 11 is 3.30. The Morgan fingerprint density at radius 1 is 1.69 bits per heavy atom. The summed E-state index contributed by atoms with van der Waals surface area (Å²) < 4.78 is 0.661. The number of hydrogen-bond donors (Lipinski definition) is 2. The van der Waals surface area contributed by atoms with Crippen molar-refractivity contribution in [2.45, 2.75) is 19.4 Å². The number of anilines is 1. The number of pyridine rings is 1. The van der Waals surface area contributed by atoms with Crippen LogP contribution in [0, 0.1) is 5.92 Å². The second-order valence-corrected chi connectivity index (χ2v) is 4.78. The van der Waals surface area contributed by atoms with Gasteiger partial charge in [0.05, 0.1) is 11.7 Å². The lowest BCUT2D eigenvalue weighted by atomic mass is 10.0. The van der Waals surface area contributed by atoms with Crippen LogP contribution in [0.2, 0.25) is 0 Å². The molecule has 2 N–H and O–H groups in total.